The quantitative estimate of drug-likeness (QED) is 0.149. The van der Waals surface area contributed by atoms with Gasteiger partial charge in [-0.25, -0.2) is 0 Å². The van der Waals surface area contributed by atoms with Gasteiger partial charge in [0.15, 0.2) is 0 Å². The van der Waals surface area contributed by atoms with Gasteiger partial charge in [-0.05, 0) is 35.2 Å². The Balaban J connectivity index is 0.977. The van der Waals surface area contributed by atoms with Gasteiger partial charge < -0.3 is 4.40 Å². The van der Waals surface area contributed by atoms with Crippen LogP contribution in [0.2, 0.25) is 0 Å². The summed E-state index contributed by atoms with van der Waals surface area (Å²) in [4.78, 5) is 5.01. The number of nitrogens with zero attached hydrogens (tertiary/aromatic N) is 6. The Morgan fingerprint density at radius 1 is 0.581 bits per heavy atom. The van der Waals surface area contributed by atoms with E-state index in [1.165, 1.54) is 0 Å². The molecule has 8 heteroatoms. The van der Waals surface area contributed by atoms with Gasteiger partial charge in [0.1, 0.15) is 0 Å². The van der Waals surface area contributed by atoms with E-state index in [1.807, 2.05) is 66.9 Å². The predicted molar refractivity (Wildman–Crippen MR) is 296 cm³/mol. The second-order valence-electron chi connectivity index (χ2n) is 19.9. The number of hydrogen-bond donors (Lipinski definition) is 0. The number of imidazole rings is 1. The number of aryl methyl sites for hydroxylation is 1. The molecule has 356 valence electrons. The van der Waals surface area contributed by atoms with Crippen LogP contribution in [0.15, 0.2) is 194 Å². The third kappa shape index (κ3) is 6.68. The van der Waals surface area contributed by atoms with Crippen molar-refractivity contribution in [1.29, 1.82) is 5.26 Å². The molecule has 9 aromatic carbocycles. The van der Waals surface area contributed by atoms with Crippen molar-refractivity contribution in [3.63, 3.8) is 0 Å². The van der Waals surface area contributed by atoms with Crippen molar-refractivity contribution in [2.45, 2.75) is 33.0 Å². The van der Waals surface area contributed by atoms with Crippen molar-refractivity contribution >= 4 is 70.9 Å². The van der Waals surface area contributed by atoms with Gasteiger partial charge in [-0.1, -0.05) is 39.0 Å². The molecule has 0 radical (unpaired) electrons. The standard InChI is InChI=1S/C66H44N6O.Pt/c1-41-26-27-46(69-40-70(58-25-14-13-24-57(58)69)64-48(43-16-7-5-8-17-43)21-15-22-49(64)44-18-9-6-10-19-44)35-62(41)73-47-28-29-51-52-37-53-55-33-42(39-67)32-54-50-20-11-12-23-56(50)72(65(54)55)61(53)38-60(52)71(59(51)36-47)63-34-45(30-31-68-63)66(2,3)4;/h5-34,37-38H,1-4H3;/q-2;/i1D3;. The second-order valence-corrected chi connectivity index (χ2v) is 20.9. The Kier molecular flexibility index (Phi) is 9.15. The van der Waals surface area contributed by atoms with Crippen molar-refractivity contribution in [2.75, 3.05) is 0 Å². The zero-order chi connectivity index (χ0) is 52.5. The van der Waals surface area contributed by atoms with Crippen LogP contribution >= 0.6 is 0 Å². The van der Waals surface area contributed by atoms with E-state index in [9.17, 15) is 5.26 Å². The summed E-state index contributed by atoms with van der Waals surface area (Å²) in [6.45, 7) is 4.03. The number of fused-ring (bicyclic) bond motifs is 10. The molecule has 14 rings (SSSR count). The Hall–Kier alpha value is -8.82. The van der Waals surface area contributed by atoms with E-state index < -0.39 is 6.85 Å². The minimum Gasteiger partial charge on any atom is -0.0561 e. The molecule has 0 fully saturated rings. The number of rotatable bonds is 7. The molecule has 0 saturated heterocycles. The van der Waals surface area contributed by atoms with Crippen LogP contribution in [0.3, 0.4) is 0 Å². The van der Waals surface area contributed by atoms with Gasteiger partial charge in [0.25, 0.3) is 0 Å². The molecule has 0 N–H and O–H groups in total. The first-order chi connectivity index (χ1) is 37.3. The van der Waals surface area contributed by atoms with Gasteiger partial charge >= 0.3 is 305 Å². The van der Waals surface area contributed by atoms with E-state index in [0.29, 0.717) is 28.3 Å². The van der Waals surface area contributed by atoms with E-state index in [-0.39, 0.29) is 16.7 Å². The van der Waals surface area contributed by atoms with Gasteiger partial charge in [0, 0.05) is 27.7 Å². The fourth-order valence-corrected chi connectivity index (χ4v) is 12.2. The molecule has 0 aliphatic carbocycles. The Labute approximate surface area is 442 Å². The Morgan fingerprint density at radius 3 is 1.95 bits per heavy atom. The number of para-hydroxylation sites is 4. The first kappa shape index (κ1) is 40.7. The molecule has 0 spiro atoms. The SMILES string of the molecule is [2H]C([2H])([2H])c1ccc(-n2[c](=[Pt])n(-c3c(-c4ccccc4)cccc3-c3ccccc3)c3ccccc32)[c-]c1Oc1[c-]c2c(cc1)c1cc3c4cc(C#N)cc5c6ccccc6n(c3cc1n2-c1cc(C(C)(C)C)ccn1)c54. The summed E-state index contributed by atoms with van der Waals surface area (Å²) in [5, 5.41) is 16.3. The number of pyridine rings is 1. The van der Waals surface area contributed by atoms with Gasteiger partial charge in [0.2, 0.25) is 0 Å². The molecule has 0 aliphatic rings. The van der Waals surface area contributed by atoms with E-state index in [1.54, 1.807) is 6.07 Å². The number of aromatic nitrogens is 5. The molecule has 5 heterocycles. The Morgan fingerprint density at radius 2 is 1.24 bits per heavy atom. The summed E-state index contributed by atoms with van der Waals surface area (Å²) in [5.74, 6) is 1.09. The molecule has 14 aromatic rings. The average molecular weight is 1140 g/mol. The molecule has 7 nitrogen and oxygen atoms in total. The zero-order valence-electron chi connectivity index (χ0n) is 43.4. The molecular weight excluding hydrogens is 1090 g/mol. The maximum absolute atomic E-state index is 10.2. The predicted octanol–water partition coefficient (Wildman–Crippen LogP) is 16.3. The fraction of sp³-hybridized carbons (Fsp3) is 0.0758. The van der Waals surface area contributed by atoms with Gasteiger partial charge in [-0.15, -0.1) is 0 Å². The second kappa shape index (κ2) is 16.6. The van der Waals surface area contributed by atoms with E-state index >= 15 is 0 Å². The average Bonchev–Trinajstić information content (AvgIpc) is 4.21. The van der Waals surface area contributed by atoms with Crippen molar-refractivity contribution in [3.8, 4) is 57.0 Å². The third-order valence-corrected chi connectivity index (χ3v) is 15.5. The monoisotopic (exact) mass is 1130 g/mol. The fourth-order valence-electron chi connectivity index (χ4n) is 11.1. The summed E-state index contributed by atoms with van der Waals surface area (Å²) in [6, 6.07) is 73.4. The number of ether oxygens (including phenoxy) is 1. The minimum absolute atomic E-state index is 0.0206. The van der Waals surface area contributed by atoms with Crippen molar-refractivity contribution < 1.29 is 28.2 Å². The van der Waals surface area contributed by atoms with Crippen LogP contribution in [0.25, 0.3) is 110 Å². The van der Waals surface area contributed by atoms with Crippen LogP contribution in [-0.2, 0) is 24.8 Å². The molecule has 0 aliphatic heterocycles. The summed E-state index contributed by atoms with van der Waals surface area (Å²) >= 11 is 2.39. The maximum atomic E-state index is 10.2. The van der Waals surface area contributed by atoms with Crippen molar-refractivity contribution in [2.24, 2.45) is 0 Å². The van der Waals surface area contributed by atoms with Gasteiger partial charge in [0.05, 0.1) is 28.2 Å². The van der Waals surface area contributed by atoms with Crippen LogP contribution in [0.5, 0.6) is 11.5 Å². The van der Waals surface area contributed by atoms with Crippen LogP contribution in [0.1, 0.15) is 41.6 Å². The first-order valence-electron chi connectivity index (χ1n) is 26.0. The molecule has 74 heavy (non-hydrogen) atoms. The normalized spacial score (nSPS) is 12.9. The van der Waals surface area contributed by atoms with E-state index in [4.69, 9.17) is 13.8 Å². The first-order valence-corrected chi connectivity index (χ1v) is 25.6. The summed E-state index contributed by atoms with van der Waals surface area (Å²) < 4.78 is 42.9. The summed E-state index contributed by atoms with van der Waals surface area (Å²) in [7, 11) is 0. The minimum atomic E-state index is -2.54. The van der Waals surface area contributed by atoms with Gasteiger partial charge in [-0.2, -0.15) is 5.26 Å². The van der Waals surface area contributed by atoms with E-state index in [2.05, 4.69) is 198 Å². The number of nitriles is 1. The smallest absolute Gasteiger partial charge is 0.0561 e. The number of hydrogen-bond acceptors (Lipinski definition) is 3. The number of benzene rings is 9. The molecular formula is C66H44N6OPt-2. The van der Waals surface area contributed by atoms with Gasteiger partial charge in [-0.3, -0.25) is 0 Å². The molecule has 5 aromatic heterocycles. The van der Waals surface area contributed by atoms with Crippen LogP contribution in [-0.4, -0.2) is 23.1 Å². The summed E-state index contributed by atoms with van der Waals surface area (Å²) in [5.41, 5.74) is 14.1. The zero-order valence-corrected chi connectivity index (χ0v) is 42.7. The third-order valence-electron chi connectivity index (χ3n) is 14.5. The topological polar surface area (TPSA) is 65.1 Å². The van der Waals surface area contributed by atoms with Crippen molar-refractivity contribution in [3.05, 3.63) is 227 Å². The molecule has 0 unspecified atom stereocenters. The van der Waals surface area contributed by atoms with Crippen LogP contribution in [0, 0.1) is 34.1 Å². The molecule has 0 bridgehead atoms. The van der Waals surface area contributed by atoms with Crippen LogP contribution < -0.4 is 4.74 Å². The van der Waals surface area contributed by atoms with Crippen molar-refractivity contribution in [1.82, 2.24) is 23.1 Å². The Bertz CT molecular complexity index is 4780. The van der Waals surface area contributed by atoms with Crippen LogP contribution in [0.4, 0.5) is 0 Å². The molecule has 0 atom stereocenters. The summed E-state index contributed by atoms with van der Waals surface area (Å²) in [6.07, 6.45) is 1.85. The molecule has 0 amide bonds. The van der Waals surface area contributed by atoms with E-state index in [0.717, 1.165) is 103 Å². The molecule has 0 saturated carbocycles.